The van der Waals surface area contributed by atoms with Crippen LogP contribution < -0.4 is 4.74 Å². The molecule has 0 aliphatic rings. The Morgan fingerprint density at radius 2 is 1.85 bits per heavy atom. The van der Waals surface area contributed by atoms with Crippen molar-refractivity contribution in [2.75, 3.05) is 20.1 Å². The second-order valence-electron chi connectivity index (χ2n) is 5.00. The molecule has 0 radical (unpaired) electrons. The van der Waals surface area contributed by atoms with Gasteiger partial charge in [0.15, 0.2) is 5.78 Å². The number of carboxylic acids is 1. The topological polar surface area (TPSA) is 66.8 Å². The van der Waals surface area contributed by atoms with Crippen molar-refractivity contribution in [3.05, 3.63) is 29.8 Å². The lowest BCUT2D eigenvalue weighted by atomic mass is 10.1. The molecule has 0 unspecified atom stereocenters. The van der Waals surface area contributed by atoms with Crippen LogP contribution in [-0.4, -0.2) is 48.0 Å². The van der Waals surface area contributed by atoms with Gasteiger partial charge in [0.2, 0.25) is 0 Å². The molecule has 110 valence electrons. The highest BCUT2D eigenvalue weighted by Gasteiger charge is 2.10. The van der Waals surface area contributed by atoms with E-state index in [0.29, 0.717) is 12.1 Å². The van der Waals surface area contributed by atoms with E-state index in [0.717, 1.165) is 5.75 Å². The third-order valence-electron chi connectivity index (χ3n) is 2.67. The lowest BCUT2D eigenvalue weighted by Crippen LogP contribution is -2.28. The first kappa shape index (κ1) is 16.2. The maximum absolute atomic E-state index is 12.0. The van der Waals surface area contributed by atoms with E-state index in [1.807, 2.05) is 13.8 Å². The lowest BCUT2D eigenvalue weighted by Gasteiger charge is -2.14. The van der Waals surface area contributed by atoms with Crippen LogP contribution in [0.2, 0.25) is 0 Å². The van der Waals surface area contributed by atoms with Gasteiger partial charge >= 0.3 is 5.97 Å². The van der Waals surface area contributed by atoms with E-state index in [9.17, 15) is 9.59 Å². The zero-order chi connectivity index (χ0) is 15.1. The minimum atomic E-state index is -0.862. The summed E-state index contributed by atoms with van der Waals surface area (Å²) in [6, 6.07) is 6.99. The molecule has 0 amide bonds. The van der Waals surface area contributed by atoms with Crippen LogP contribution in [0.3, 0.4) is 0 Å². The normalized spacial score (nSPS) is 10.8. The summed E-state index contributed by atoms with van der Waals surface area (Å²) in [6.07, 6.45) is 0.129. The van der Waals surface area contributed by atoms with Crippen LogP contribution >= 0.6 is 0 Å². The summed E-state index contributed by atoms with van der Waals surface area (Å²) in [5.41, 5.74) is 0.600. The van der Waals surface area contributed by atoms with Crippen molar-refractivity contribution < 1.29 is 19.4 Å². The molecule has 5 nitrogen and oxygen atoms in total. The number of hydrogen-bond donors (Lipinski definition) is 1. The van der Waals surface area contributed by atoms with Gasteiger partial charge in [-0.2, -0.15) is 0 Å². The molecule has 0 saturated carbocycles. The van der Waals surface area contributed by atoms with Crippen molar-refractivity contribution in [3.8, 4) is 5.75 Å². The Labute approximate surface area is 119 Å². The summed E-state index contributed by atoms with van der Waals surface area (Å²) in [5, 5.41) is 8.59. The van der Waals surface area contributed by atoms with Crippen LogP contribution in [0.4, 0.5) is 0 Å². The molecule has 0 heterocycles. The minimum absolute atomic E-state index is 0.0327. The molecule has 0 saturated heterocycles. The van der Waals surface area contributed by atoms with E-state index >= 15 is 0 Å². The van der Waals surface area contributed by atoms with Gasteiger partial charge in [0.1, 0.15) is 5.75 Å². The quantitative estimate of drug-likeness (QED) is 0.738. The summed E-state index contributed by atoms with van der Waals surface area (Å²) < 4.78 is 5.51. The highest BCUT2D eigenvalue weighted by molar-refractivity contribution is 5.97. The van der Waals surface area contributed by atoms with Gasteiger partial charge < -0.3 is 9.84 Å². The first-order valence-electron chi connectivity index (χ1n) is 6.58. The highest BCUT2D eigenvalue weighted by atomic mass is 16.5. The Hall–Kier alpha value is -1.88. The van der Waals surface area contributed by atoms with Gasteiger partial charge in [-0.15, -0.1) is 0 Å². The molecule has 0 bridgehead atoms. The van der Waals surface area contributed by atoms with Crippen LogP contribution in [0.5, 0.6) is 5.75 Å². The number of Topliss-reactive ketones (excluding diaryl/α,β-unsaturated/α-hetero) is 1. The zero-order valence-electron chi connectivity index (χ0n) is 12.1. The second kappa shape index (κ2) is 7.65. The first-order valence-corrected chi connectivity index (χ1v) is 6.58. The van der Waals surface area contributed by atoms with Crippen molar-refractivity contribution in [3.63, 3.8) is 0 Å². The van der Waals surface area contributed by atoms with Crippen LogP contribution in [0, 0.1) is 0 Å². The fraction of sp³-hybridized carbons (Fsp3) is 0.467. The number of aliphatic carboxylic acids is 1. The summed E-state index contributed by atoms with van der Waals surface area (Å²) in [7, 11) is 1.73. The van der Waals surface area contributed by atoms with Gasteiger partial charge in [-0.25, -0.2) is 0 Å². The largest absolute Gasteiger partial charge is 0.491 e. The molecular weight excluding hydrogens is 258 g/mol. The molecule has 1 N–H and O–H groups in total. The highest BCUT2D eigenvalue weighted by Crippen LogP contribution is 2.14. The number of nitrogens with zero attached hydrogens (tertiary/aromatic N) is 1. The third-order valence-corrected chi connectivity index (χ3v) is 2.67. The number of benzene rings is 1. The van der Waals surface area contributed by atoms with E-state index in [2.05, 4.69) is 0 Å². The Balaban J connectivity index is 2.52. The van der Waals surface area contributed by atoms with Gasteiger partial charge in [0.25, 0.3) is 0 Å². The van der Waals surface area contributed by atoms with Crippen molar-refractivity contribution in [2.24, 2.45) is 0 Å². The number of rotatable bonds is 8. The summed E-state index contributed by atoms with van der Waals surface area (Å²) in [5.74, 6) is -0.163. The van der Waals surface area contributed by atoms with E-state index in [4.69, 9.17) is 9.84 Å². The molecule has 1 aromatic rings. The Morgan fingerprint density at radius 3 is 2.35 bits per heavy atom. The van der Waals surface area contributed by atoms with Gasteiger partial charge in [-0.3, -0.25) is 14.5 Å². The molecular formula is C15H21NO4. The summed E-state index contributed by atoms with van der Waals surface area (Å²) >= 11 is 0. The molecule has 5 heteroatoms. The Morgan fingerprint density at radius 1 is 1.25 bits per heavy atom. The fourth-order valence-corrected chi connectivity index (χ4v) is 1.69. The number of carbonyl (C=O) groups excluding carboxylic acids is 1. The number of carbonyl (C=O) groups is 2. The smallest absolute Gasteiger partial charge is 0.304 e. The number of carboxylic acid groups (broad SMARTS) is 1. The summed E-state index contributed by atoms with van der Waals surface area (Å²) in [4.78, 5) is 24.2. The van der Waals surface area contributed by atoms with Gasteiger partial charge in [-0.05, 0) is 45.2 Å². The van der Waals surface area contributed by atoms with Gasteiger partial charge in [0, 0.05) is 12.1 Å². The number of likely N-dealkylation sites (N-methyl/N-ethyl adjacent to an activating group) is 1. The van der Waals surface area contributed by atoms with E-state index in [1.165, 1.54) is 0 Å². The number of ether oxygens (including phenoxy) is 1. The van der Waals surface area contributed by atoms with E-state index < -0.39 is 5.97 Å². The average molecular weight is 279 g/mol. The van der Waals surface area contributed by atoms with Crippen molar-refractivity contribution in [1.29, 1.82) is 0 Å². The Kier molecular flexibility index (Phi) is 6.18. The predicted octanol–water partition coefficient (Wildman–Crippen LogP) is 2.06. The molecule has 20 heavy (non-hydrogen) atoms. The molecule has 0 fully saturated rings. The first-order chi connectivity index (χ1) is 9.38. The SMILES string of the molecule is CC(C)Oc1ccc(C(=O)CN(C)CCC(=O)O)cc1. The molecule has 0 aliphatic heterocycles. The lowest BCUT2D eigenvalue weighted by molar-refractivity contribution is -0.137. The van der Waals surface area contributed by atoms with Crippen molar-refractivity contribution in [2.45, 2.75) is 26.4 Å². The molecule has 1 rings (SSSR count). The van der Waals surface area contributed by atoms with Crippen molar-refractivity contribution in [1.82, 2.24) is 4.90 Å². The average Bonchev–Trinajstić information content (AvgIpc) is 2.36. The fourth-order valence-electron chi connectivity index (χ4n) is 1.69. The second-order valence-corrected chi connectivity index (χ2v) is 5.00. The minimum Gasteiger partial charge on any atom is -0.491 e. The van der Waals surface area contributed by atoms with Crippen LogP contribution in [0.15, 0.2) is 24.3 Å². The van der Waals surface area contributed by atoms with Crippen LogP contribution in [0.1, 0.15) is 30.6 Å². The molecule has 1 aromatic carbocycles. The molecule has 0 aliphatic carbocycles. The van der Waals surface area contributed by atoms with E-state index in [-0.39, 0.29) is 24.9 Å². The van der Waals surface area contributed by atoms with E-state index in [1.54, 1.807) is 36.2 Å². The van der Waals surface area contributed by atoms with Crippen LogP contribution in [-0.2, 0) is 4.79 Å². The number of hydrogen-bond acceptors (Lipinski definition) is 4. The van der Waals surface area contributed by atoms with Crippen LogP contribution in [0.25, 0.3) is 0 Å². The molecule has 0 spiro atoms. The maximum Gasteiger partial charge on any atom is 0.304 e. The Bertz CT molecular complexity index is 453. The molecule has 0 aromatic heterocycles. The van der Waals surface area contributed by atoms with Gasteiger partial charge in [-0.1, -0.05) is 0 Å². The zero-order valence-corrected chi connectivity index (χ0v) is 12.1. The summed E-state index contributed by atoms with van der Waals surface area (Å²) in [6.45, 7) is 4.44. The maximum atomic E-state index is 12.0. The molecule has 0 atom stereocenters. The van der Waals surface area contributed by atoms with Crippen molar-refractivity contribution >= 4 is 11.8 Å². The number of ketones is 1. The standard InChI is InChI=1S/C15H21NO4/c1-11(2)20-13-6-4-12(5-7-13)14(17)10-16(3)9-8-15(18)19/h4-7,11H,8-10H2,1-3H3,(H,18,19). The third kappa shape index (κ3) is 5.84. The predicted molar refractivity (Wildman–Crippen MR) is 76.3 cm³/mol. The monoisotopic (exact) mass is 279 g/mol. The van der Waals surface area contributed by atoms with Gasteiger partial charge in [0.05, 0.1) is 19.1 Å².